The first-order valence-electron chi connectivity index (χ1n) is 17.2. The van der Waals surface area contributed by atoms with Crippen molar-refractivity contribution in [1.29, 1.82) is 0 Å². The molecule has 0 atom stereocenters. The zero-order chi connectivity index (χ0) is 34.6. The van der Waals surface area contributed by atoms with Crippen molar-refractivity contribution >= 4 is 21.8 Å². The number of benzene rings is 4. The number of hydrogen-bond donors (Lipinski definition) is 0. The molecule has 0 unspecified atom stereocenters. The molecule has 0 aliphatic carbocycles. The summed E-state index contributed by atoms with van der Waals surface area (Å²) in [4.78, 5) is 4.80. The molecule has 0 fully saturated rings. The molecule has 0 aliphatic heterocycles. The minimum atomic E-state index is -0.125. The molecule has 4 aromatic carbocycles. The summed E-state index contributed by atoms with van der Waals surface area (Å²) in [7, 11) is 0. The summed E-state index contributed by atoms with van der Waals surface area (Å²) in [6.07, 6.45) is 3.99. The maximum absolute atomic E-state index is 6.66. The SMILES string of the molecule is CCCc1ccnc(-n2c3[c-]c(Oc4[c-]c(-n5nc(C)c(-c6c(C)cc(C)cc6C)c5C)cc(C(C)(C)C)c4)ccc3c3ccccc32)c1.[Pd+2]. The topological polar surface area (TPSA) is 44.9 Å². The number of ether oxygens (including phenoxy) is 1. The van der Waals surface area contributed by atoms with Crippen LogP contribution < -0.4 is 4.74 Å². The van der Waals surface area contributed by atoms with Crippen LogP contribution in [0.1, 0.15) is 73.3 Å². The van der Waals surface area contributed by atoms with Crippen LogP contribution in [0, 0.1) is 46.8 Å². The van der Waals surface area contributed by atoms with Crippen LogP contribution in [0.2, 0.25) is 0 Å². The fraction of sp³-hybridized carbons (Fsp3) is 0.273. The first-order valence-corrected chi connectivity index (χ1v) is 17.2. The van der Waals surface area contributed by atoms with Crippen molar-refractivity contribution < 1.29 is 25.2 Å². The molecule has 7 aromatic rings. The Morgan fingerprint density at radius 2 is 1.52 bits per heavy atom. The van der Waals surface area contributed by atoms with E-state index in [-0.39, 0.29) is 25.8 Å². The molecule has 7 rings (SSSR count). The van der Waals surface area contributed by atoms with Crippen LogP contribution in [0.5, 0.6) is 11.5 Å². The molecule has 0 saturated heterocycles. The van der Waals surface area contributed by atoms with Crippen molar-refractivity contribution in [2.75, 3.05) is 0 Å². The van der Waals surface area contributed by atoms with Crippen LogP contribution in [0.25, 0.3) is 44.4 Å². The summed E-state index contributed by atoms with van der Waals surface area (Å²) in [6.45, 7) is 19.6. The molecule has 256 valence electrons. The Labute approximate surface area is 310 Å². The standard InChI is InChI=1S/C44H44N4O.Pd/c1-10-13-32-18-19-45-41(22-32)47-39-15-12-11-14-37(39)38-17-16-35(26-40(38)47)49-36-24-33(44(7,8)9)23-34(25-36)48-31(6)43(30(5)46-48)42-28(3)20-27(2)21-29(42)4;/h11-12,14-24H,10,13H2,1-9H3;/q-2;+2. The van der Waals surface area contributed by atoms with Crippen molar-refractivity contribution in [3.05, 3.63) is 130 Å². The predicted octanol–water partition coefficient (Wildman–Crippen LogP) is 11.2. The summed E-state index contributed by atoms with van der Waals surface area (Å²) in [5.74, 6) is 2.13. The third-order valence-electron chi connectivity index (χ3n) is 9.50. The van der Waals surface area contributed by atoms with Crippen molar-refractivity contribution in [2.45, 2.75) is 80.6 Å². The van der Waals surface area contributed by atoms with Gasteiger partial charge in [-0.25, -0.2) is 4.98 Å². The Kier molecular flexibility index (Phi) is 9.66. The molecular weight excluding hydrogens is 707 g/mol. The minimum Gasteiger partial charge on any atom is -0.509 e. The summed E-state index contributed by atoms with van der Waals surface area (Å²) in [6, 6.07) is 32.9. The smallest absolute Gasteiger partial charge is 0.509 e. The zero-order valence-corrected chi connectivity index (χ0v) is 32.0. The van der Waals surface area contributed by atoms with Gasteiger partial charge in [0.15, 0.2) is 0 Å². The fourth-order valence-corrected chi connectivity index (χ4v) is 7.26. The third kappa shape index (κ3) is 6.44. The van der Waals surface area contributed by atoms with E-state index < -0.39 is 0 Å². The monoisotopic (exact) mass is 750 g/mol. The zero-order valence-electron chi connectivity index (χ0n) is 30.4. The first kappa shape index (κ1) is 35.3. The summed E-state index contributed by atoms with van der Waals surface area (Å²) in [5, 5.41) is 7.34. The van der Waals surface area contributed by atoms with Crippen molar-refractivity contribution in [3.8, 4) is 34.1 Å². The van der Waals surface area contributed by atoms with E-state index in [1.165, 1.54) is 33.4 Å². The first-order chi connectivity index (χ1) is 23.4. The number of fused-ring (bicyclic) bond motifs is 3. The quantitative estimate of drug-likeness (QED) is 0.120. The molecule has 3 heterocycles. The van der Waals surface area contributed by atoms with Gasteiger partial charge in [-0.1, -0.05) is 75.5 Å². The molecule has 6 heteroatoms. The number of nitrogens with zero attached hydrogens (tertiary/aromatic N) is 4. The average molecular weight is 751 g/mol. The second kappa shape index (κ2) is 13.7. The van der Waals surface area contributed by atoms with E-state index >= 15 is 0 Å². The van der Waals surface area contributed by atoms with Gasteiger partial charge < -0.3 is 9.30 Å². The van der Waals surface area contributed by atoms with E-state index in [1.54, 1.807) is 0 Å². The normalized spacial score (nSPS) is 11.7. The molecule has 0 aliphatic rings. The number of rotatable bonds is 7. The van der Waals surface area contributed by atoms with Gasteiger partial charge in [0.05, 0.1) is 5.69 Å². The molecule has 0 N–H and O–H groups in total. The molecule has 0 bridgehead atoms. The van der Waals surface area contributed by atoms with Crippen LogP contribution >= 0.6 is 0 Å². The molecule has 3 aromatic heterocycles. The van der Waals surface area contributed by atoms with Gasteiger partial charge in [0, 0.05) is 34.5 Å². The number of para-hydroxylation sites is 1. The number of hydrogen-bond acceptors (Lipinski definition) is 3. The van der Waals surface area contributed by atoms with E-state index in [1.807, 2.05) is 16.9 Å². The minimum absolute atomic E-state index is 0. The van der Waals surface area contributed by atoms with Gasteiger partial charge in [0.1, 0.15) is 5.82 Å². The largest absolute Gasteiger partial charge is 2.00 e. The maximum atomic E-state index is 6.66. The summed E-state index contributed by atoms with van der Waals surface area (Å²) in [5.41, 5.74) is 13.4. The number of pyridine rings is 1. The second-order valence-electron chi connectivity index (χ2n) is 14.4. The molecular formula is C44H44N4OPd. The predicted molar refractivity (Wildman–Crippen MR) is 202 cm³/mol. The van der Waals surface area contributed by atoms with Crippen molar-refractivity contribution in [2.24, 2.45) is 0 Å². The van der Waals surface area contributed by atoms with Crippen LogP contribution in [-0.2, 0) is 32.3 Å². The molecule has 0 saturated carbocycles. The average Bonchev–Trinajstić information content (AvgIpc) is 3.53. The van der Waals surface area contributed by atoms with Gasteiger partial charge in [-0.15, -0.1) is 41.3 Å². The van der Waals surface area contributed by atoms with Gasteiger partial charge in [0.2, 0.25) is 0 Å². The Balaban J connectivity index is 0.00000432. The van der Waals surface area contributed by atoms with Gasteiger partial charge in [0.25, 0.3) is 0 Å². The summed E-state index contributed by atoms with van der Waals surface area (Å²) < 4.78 is 10.9. The van der Waals surface area contributed by atoms with E-state index in [9.17, 15) is 0 Å². The van der Waals surface area contributed by atoms with Gasteiger partial charge in [-0.05, 0) is 98.0 Å². The second-order valence-corrected chi connectivity index (χ2v) is 14.4. The third-order valence-corrected chi connectivity index (χ3v) is 9.50. The molecule has 0 spiro atoms. The molecule has 0 amide bonds. The van der Waals surface area contributed by atoms with Gasteiger partial charge in [-0.3, -0.25) is 4.68 Å². The van der Waals surface area contributed by atoms with Crippen LogP contribution in [0.3, 0.4) is 0 Å². The van der Waals surface area contributed by atoms with Crippen LogP contribution in [0.4, 0.5) is 0 Å². The van der Waals surface area contributed by atoms with Crippen molar-refractivity contribution in [3.63, 3.8) is 0 Å². The Hall–Kier alpha value is -4.50. The Morgan fingerprint density at radius 1 is 0.780 bits per heavy atom. The number of aromatic nitrogens is 4. The molecule has 5 nitrogen and oxygen atoms in total. The Bertz CT molecular complexity index is 2350. The van der Waals surface area contributed by atoms with E-state index in [4.69, 9.17) is 14.8 Å². The summed E-state index contributed by atoms with van der Waals surface area (Å²) >= 11 is 0. The Morgan fingerprint density at radius 3 is 2.24 bits per heavy atom. The van der Waals surface area contributed by atoms with E-state index in [0.29, 0.717) is 11.5 Å². The maximum Gasteiger partial charge on any atom is 2.00 e. The van der Waals surface area contributed by atoms with E-state index in [0.717, 1.165) is 63.1 Å². The van der Waals surface area contributed by atoms with Gasteiger partial charge >= 0.3 is 20.4 Å². The molecule has 50 heavy (non-hydrogen) atoms. The van der Waals surface area contributed by atoms with Gasteiger partial charge in [-0.2, -0.15) is 11.2 Å². The fourth-order valence-electron chi connectivity index (χ4n) is 7.26. The van der Waals surface area contributed by atoms with Crippen molar-refractivity contribution in [1.82, 2.24) is 19.3 Å². The molecule has 0 radical (unpaired) electrons. The number of aryl methyl sites for hydroxylation is 5. The van der Waals surface area contributed by atoms with Crippen LogP contribution in [0.15, 0.2) is 79.0 Å². The van der Waals surface area contributed by atoms with E-state index in [2.05, 4.69) is 146 Å². The van der Waals surface area contributed by atoms with Crippen LogP contribution in [-0.4, -0.2) is 19.3 Å².